The number of hydrogen-bond acceptors (Lipinski definition) is 2. The monoisotopic (exact) mass is 166 g/mol. The van der Waals surface area contributed by atoms with Crippen molar-refractivity contribution < 1.29 is 9.84 Å². The van der Waals surface area contributed by atoms with Crippen molar-refractivity contribution in [2.24, 2.45) is 5.92 Å². The van der Waals surface area contributed by atoms with Crippen LogP contribution in [0.2, 0.25) is 0 Å². The van der Waals surface area contributed by atoms with Crippen LogP contribution < -0.4 is 0 Å². The average molecular weight is 166 g/mol. The van der Waals surface area contributed by atoms with Crippen molar-refractivity contribution in [1.82, 2.24) is 0 Å². The van der Waals surface area contributed by atoms with E-state index in [0.717, 1.165) is 12.8 Å². The van der Waals surface area contributed by atoms with Gasteiger partial charge in [-0.1, -0.05) is 12.2 Å². The van der Waals surface area contributed by atoms with Gasteiger partial charge >= 0.3 is 0 Å². The molecule has 1 aliphatic heterocycles. The fourth-order valence-electron chi connectivity index (χ4n) is 3.14. The van der Waals surface area contributed by atoms with Crippen molar-refractivity contribution >= 4 is 0 Å². The van der Waals surface area contributed by atoms with E-state index in [1.165, 1.54) is 12.8 Å². The maximum atomic E-state index is 9.27. The zero-order valence-corrected chi connectivity index (χ0v) is 7.12. The van der Waals surface area contributed by atoms with Crippen molar-refractivity contribution in [2.75, 3.05) is 6.61 Å². The number of aliphatic hydroxyl groups excluding tert-OH is 1. The second-order valence-electron chi connectivity index (χ2n) is 4.27. The van der Waals surface area contributed by atoms with E-state index in [1.54, 1.807) is 0 Å². The number of epoxide rings is 1. The van der Waals surface area contributed by atoms with Crippen molar-refractivity contribution in [3.05, 3.63) is 12.2 Å². The van der Waals surface area contributed by atoms with E-state index in [9.17, 15) is 5.11 Å². The molecule has 3 rings (SSSR count). The summed E-state index contributed by atoms with van der Waals surface area (Å²) in [6.45, 7) is 0.202. The SMILES string of the molecule is OCC12CC=CC3CCCC31O2. The maximum absolute atomic E-state index is 9.27. The summed E-state index contributed by atoms with van der Waals surface area (Å²) in [6, 6.07) is 0. The molecule has 3 unspecified atom stereocenters. The minimum Gasteiger partial charge on any atom is -0.393 e. The summed E-state index contributed by atoms with van der Waals surface area (Å²) in [5.74, 6) is 0.596. The second-order valence-corrected chi connectivity index (χ2v) is 4.27. The van der Waals surface area contributed by atoms with Gasteiger partial charge in [0.1, 0.15) is 11.2 Å². The summed E-state index contributed by atoms with van der Waals surface area (Å²) >= 11 is 0. The molecule has 0 aromatic carbocycles. The molecule has 1 N–H and O–H groups in total. The van der Waals surface area contributed by atoms with E-state index in [4.69, 9.17) is 4.74 Å². The number of hydrogen-bond donors (Lipinski definition) is 1. The third-order valence-electron chi connectivity index (χ3n) is 3.84. The third-order valence-corrected chi connectivity index (χ3v) is 3.84. The topological polar surface area (TPSA) is 32.8 Å². The van der Waals surface area contributed by atoms with E-state index in [1.807, 2.05) is 0 Å². The smallest absolute Gasteiger partial charge is 0.125 e. The maximum Gasteiger partial charge on any atom is 0.125 e. The van der Waals surface area contributed by atoms with Crippen LogP contribution in [0.5, 0.6) is 0 Å². The van der Waals surface area contributed by atoms with Gasteiger partial charge in [-0.05, 0) is 25.7 Å². The number of ether oxygens (including phenoxy) is 1. The molecule has 3 aliphatic rings. The van der Waals surface area contributed by atoms with Crippen molar-refractivity contribution in [2.45, 2.75) is 36.9 Å². The van der Waals surface area contributed by atoms with E-state index in [0.29, 0.717) is 5.92 Å². The molecule has 0 amide bonds. The number of rotatable bonds is 1. The van der Waals surface area contributed by atoms with Gasteiger partial charge in [0.25, 0.3) is 0 Å². The molecule has 0 aromatic heterocycles. The van der Waals surface area contributed by atoms with Crippen LogP contribution in [0.4, 0.5) is 0 Å². The molecule has 2 aliphatic carbocycles. The highest BCUT2D eigenvalue weighted by Crippen LogP contribution is 2.64. The van der Waals surface area contributed by atoms with Gasteiger partial charge in [0.05, 0.1) is 6.61 Å². The quantitative estimate of drug-likeness (QED) is 0.469. The summed E-state index contributed by atoms with van der Waals surface area (Å²) < 4.78 is 5.81. The van der Waals surface area contributed by atoms with E-state index >= 15 is 0 Å². The van der Waals surface area contributed by atoms with Gasteiger partial charge in [-0.2, -0.15) is 0 Å². The molecule has 12 heavy (non-hydrogen) atoms. The molecule has 0 bridgehead atoms. The van der Waals surface area contributed by atoms with E-state index in [-0.39, 0.29) is 17.8 Å². The molecule has 0 radical (unpaired) electrons. The lowest BCUT2D eigenvalue weighted by Gasteiger charge is -2.21. The minimum atomic E-state index is -0.164. The molecular weight excluding hydrogens is 152 g/mol. The Labute approximate surface area is 72.2 Å². The summed E-state index contributed by atoms with van der Waals surface area (Å²) in [4.78, 5) is 0. The molecule has 0 aromatic rings. The predicted octanol–water partition coefficient (Wildman–Crippen LogP) is 1.25. The van der Waals surface area contributed by atoms with Gasteiger partial charge in [0.15, 0.2) is 0 Å². The molecule has 1 spiro atoms. The first-order valence-corrected chi connectivity index (χ1v) is 4.81. The van der Waals surface area contributed by atoms with Crippen molar-refractivity contribution in [3.63, 3.8) is 0 Å². The molecule has 1 heterocycles. The third kappa shape index (κ3) is 0.570. The lowest BCUT2D eigenvalue weighted by molar-refractivity contribution is 0.172. The summed E-state index contributed by atoms with van der Waals surface area (Å²) in [5.41, 5.74) is -0.0978. The van der Waals surface area contributed by atoms with E-state index < -0.39 is 0 Å². The van der Waals surface area contributed by atoms with E-state index in [2.05, 4.69) is 12.2 Å². The first-order valence-electron chi connectivity index (χ1n) is 4.81. The van der Waals surface area contributed by atoms with Crippen LogP contribution in [0.3, 0.4) is 0 Å². The first-order chi connectivity index (χ1) is 5.83. The standard InChI is InChI=1S/C10H14O2/c11-7-9-5-1-3-8-4-2-6-10(8,9)12-9/h1,3,8,11H,2,4-7H2. The van der Waals surface area contributed by atoms with Gasteiger partial charge < -0.3 is 9.84 Å². The minimum absolute atomic E-state index is 0.0660. The zero-order chi connectivity index (χ0) is 8.23. The normalized spacial score (nSPS) is 54.9. The lowest BCUT2D eigenvalue weighted by atomic mass is 9.78. The molecule has 1 saturated heterocycles. The molecule has 2 heteroatoms. The van der Waals surface area contributed by atoms with Gasteiger partial charge in [-0.3, -0.25) is 0 Å². The molecule has 2 fully saturated rings. The average Bonchev–Trinajstić information content (AvgIpc) is 2.59. The Balaban J connectivity index is 2.00. The highest BCUT2D eigenvalue weighted by molar-refractivity contribution is 5.29. The van der Waals surface area contributed by atoms with Crippen LogP contribution >= 0.6 is 0 Å². The summed E-state index contributed by atoms with van der Waals surface area (Å²) in [6.07, 6.45) is 9.04. The highest BCUT2D eigenvalue weighted by Gasteiger charge is 2.73. The molecular formula is C10H14O2. The second kappa shape index (κ2) is 1.94. The fourth-order valence-corrected chi connectivity index (χ4v) is 3.14. The molecule has 2 nitrogen and oxygen atoms in total. The Bertz CT molecular complexity index is 248. The van der Waals surface area contributed by atoms with Crippen LogP contribution in [-0.2, 0) is 4.74 Å². The van der Waals surface area contributed by atoms with Crippen LogP contribution in [0, 0.1) is 5.92 Å². The van der Waals surface area contributed by atoms with Gasteiger partial charge in [-0.25, -0.2) is 0 Å². The number of aliphatic hydroxyl groups is 1. The van der Waals surface area contributed by atoms with Gasteiger partial charge in [0.2, 0.25) is 0 Å². The zero-order valence-electron chi connectivity index (χ0n) is 7.12. The molecule has 3 atom stereocenters. The predicted molar refractivity (Wildman–Crippen MR) is 44.7 cm³/mol. The molecule has 1 saturated carbocycles. The lowest BCUT2D eigenvalue weighted by Crippen LogP contribution is -2.34. The summed E-state index contributed by atoms with van der Waals surface area (Å²) in [5, 5.41) is 9.27. The van der Waals surface area contributed by atoms with Crippen LogP contribution in [0.1, 0.15) is 25.7 Å². The van der Waals surface area contributed by atoms with Crippen LogP contribution in [0.15, 0.2) is 12.2 Å². The largest absolute Gasteiger partial charge is 0.393 e. The Morgan fingerprint density at radius 2 is 2.50 bits per heavy atom. The van der Waals surface area contributed by atoms with Crippen molar-refractivity contribution in [3.8, 4) is 0 Å². The van der Waals surface area contributed by atoms with Crippen LogP contribution in [-0.4, -0.2) is 22.9 Å². The van der Waals surface area contributed by atoms with Crippen LogP contribution in [0.25, 0.3) is 0 Å². The molecule has 66 valence electrons. The Hall–Kier alpha value is -0.340. The van der Waals surface area contributed by atoms with Crippen molar-refractivity contribution in [1.29, 1.82) is 0 Å². The fraction of sp³-hybridized carbons (Fsp3) is 0.800. The first kappa shape index (κ1) is 7.10. The summed E-state index contributed by atoms with van der Waals surface area (Å²) in [7, 11) is 0. The Morgan fingerprint density at radius 1 is 1.58 bits per heavy atom. The van der Waals surface area contributed by atoms with Gasteiger partial charge in [0, 0.05) is 5.92 Å². The highest BCUT2D eigenvalue weighted by atomic mass is 16.6. The Kier molecular flexibility index (Phi) is 1.15. The Morgan fingerprint density at radius 3 is 3.33 bits per heavy atom. The van der Waals surface area contributed by atoms with Gasteiger partial charge in [-0.15, -0.1) is 0 Å².